The van der Waals surface area contributed by atoms with Gasteiger partial charge in [0.2, 0.25) is 0 Å². The number of aromatic amines is 1. The number of hydrogen-bond donors (Lipinski definition) is 2. The first-order valence-corrected chi connectivity index (χ1v) is 8.61. The molecule has 3 aromatic rings. The molecule has 27 heavy (non-hydrogen) atoms. The number of ether oxygens (including phenoxy) is 1. The summed E-state index contributed by atoms with van der Waals surface area (Å²) in [5, 5.41) is 10.3. The molecule has 0 radical (unpaired) electrons. The lowest BCUT2D eigenvalue weighted by molar-refractivity contribution is 0.0715. The number of halogens is 1. The molecule has 1 aromatic carbocycles. The highest BCUT2D eigenvalue weighted by atomic mass is 35.5. The van der Waals surface area contributed by atoms with Crippen molar-refractivity contribution >= 4 is 29.4 Å². The minimum absolute atomic E-state index is 0.00108. The van der Waals surface area contributed by atoms with Crippen LogP contribution in [0.1, 0.15) is 33.0 Å². The Kier molecular flexibility index (Phi) is 4.22. The van der Waals surface area contributed by atoms with Crippen LogP contribution in [0.4, 0.5) is 0 Å². The highest BCUT2D eigenvalue weighted by Gasteiger charge is 2.30. The zero-order valence-corrected chi connectivity index (χ0v) is 15.1. The molecule has 3 heterocycles. The van der Waals surface area contributed by atoms with Crippen molar-refractivity contribution in [3.05, 3.63) is 86.0 Å². The van der Waals surface area contributed by atoms with E-state index < -0.39 is 11.5 Å². The number of pyridine rings is 1. The summed E-state index contributed by atoms with van der Waals surface area (Å²) in [5.74, 6) is -0.383. The summed E-state index contributed by atoms with van der Waals surface area (Å²) in [5.41, 5.74) is 2.77. The average molecular weight is 383 g/mol. The number of rotatable bonds is 3. The van der Waals surface area contributed by atoms with Gasteiger partial charge in [-0.1, -0.05) is 11.6 Å². The molecule has 0 bridgehead atoms. The zero-order valence-electron chi connectivity index (χ0n) is 14.3. The van der Waals surface area contributed by atoms with Crippen molar-refractivity contribution in [2.75, 3.05) is 0 Å². The molecule has 2 aromatic heterocycles. The van der Waals surface area contributed by atoms with Crippen LogP contribution >= 0.6 is 11.6 Å². The maximum Gasteiger partial charge on any atom is 0.349 e. The predicted molar refractivity (Wildman–Crippen MR) is 102 cm³/mol. The van der Waals surface area contributed by atoms with Gasteiger partial charge in [-0.3, -0.25) is 4.79 Å². The fourth-order valence-electron chi connectivity index (χ4n) is 3.17. The number of esters is 1. The van der Waals surface area contributed by atoms with Gasteiger partial charge in [-0.05, 0) is 49.4 Å². The first-order chi connectivity index (χ1) is 13.0. The van der Waals surface area contributed by atoms with Crippen LogP contribution in [0.15, 0.2) is 47.3 Å². The Bertz CT molecular complexity index is 1140. The van der Waals surface area contributed by atoms with Gasteiger partial charge in [0.05, 0.1) is 6.61 Å². The van der Waals surface area contributed by atoms with Crippen molar-refractivity contribution < 1.29 is 14.6 Å². The number of nitrogens with zero attached hydrogens (tertiary/aromatic N) is 1. The van der Waals surface area contributed by atoms with Crippen LogP contribution in [0.5, 0.6) is 0 Å². The summed E-state index contributed by atoms with van der Waals surface area (Å²) in [7, 11) is 0. The highest BCUT2D eigenvalue weighted by Crippen LogP contribution is 2.31. The second kappa shape index (κ2) is 6.57. The van der Waals surface area contributed by atoms with E-state index in [-0.39, 0.29) is 12.2 Å². The van der Waals surface area contributed by atoms with Crippen LogP contribution < -0.4 is 5.56 Å². The van der Waals surface area contributed by atoms with Gasteiger partial charge in [0, 0.05) is 39.4 Å². The average Bonchev–Trinajstić information content (AvgIpc) is 3.17. The molecule has 136 valence electrons. The summed E-state index contributed by atoms with van der Waals surface area (Å²) in [6.07, 6.45) is 1.68. The van der Waals surface area contributed by atoms with Crippen molar-refractivity contribution in [2.45, 2.75) is 13.5 Å². The van der Waals surface area contributed by atoms with Gasteiger partial charge in [0.1, 0.15) is 11.3 Å². The fraction of sp³-hybridized carbons (Fsp3) is 0.100. The van der Waals surface area contributed by atoms with E-state index in [1.807, 2.05) is 16.7 Å². The molecule has 2 N–H and O–H groups in total. The molecule has 6 nitrogen and oxygen atoms in total. The summed E-state index contributed by atoms with van der Waals surface area (Å²) in [4.78, 5) is 26.8. The predicted octanol–water partition coefficient (Wildman–Crippen LogP) is 3.29. The lowest BCUT2D eigenvalue weighted by atomic mass is 10.1. The van der Waals surface area contributed by atoms with E-state index in [2.05, 4.69) is 4.98 Å². The molecule has 0 spiro atoms. The second-order valence-electron chi connectivity index (χ2n) is 6.19. The number of hydrogen-bond acceptors (Lipinski definition) is 4. The third kappa shape index (κ3) is 2.99. The summed E-state index contributed by atoms with van der Waals surface area (Å²) < 4.78 is 7.16. The molecule has 1 aliphatic rings. The zero-order chi connectivity index (χ0) is 19.1. The van der Waals surface area contributed by atoms with Crippen LogP contribution in [-0.2, 0) is 11.3 Å². The number of benzene rings is 1. The van der Waals surface area contributed by atoms with E-state index in [4.69, 9.17) is 16.3 Å². The minimum Gasteiger partial charge on any atom is -0.422 e. The van der Waals surface area contributed by atoms with Crippen molar-refractivity contribution in [3.8, 4) is 5.69 Å². The SMILES string of the molecule is Cc1cc2c(c(=O)[nH]1)C(=O)O/C2=C\c1ccc(CO)n1-c1ccc(Cl)cc1. The number of nitrogens with one attached hydrogen (secondary N) is 1. The molecular formula is C20H15ClN2O4. The number of aryl methyl sites for hydroxylation is 1. The van der Waals surface area contributed by atoms with Gasteiger partial charge in [-0.25, -0.2) is 4.79 Å². The number of cyclic esters (lactones) is 1. The van der Waals surface area contributed by atoms with Crippen LogP contribution in [0, 0.1) is 6.92 Å². The molecule has 1 aliphatic heterocycles. The Balaban J connectivity index is 1.88. The van der Waals surface area contributed by atoms with E-state index in [9.17, 15) is 14.7 Å². The van der Waals surface area contributed by atoms with Gasteiger partial charge in [-0.15, -0.1) is 0 Å². The first-order valence-electron chi connectivity index (χ1n) is 8.23. The maximum atomic E-state index is 12.1. The molecule has 0 saturated carbocycles. The first kappa shape index (κ1) is 17.3. The maximum absolute atomic E-state index is 12.1. The summed E-state index contributed by atoms with van der Waals surface area (Å²) >= 11 is 5.97. The van der Waals surface area contributed by atoms with E-state index >= 15 is 0 Å². The number of fused-ring (bicyclic) bond motifs is 1. The molecule has 0 fully saturated rings. The van der Waals surface area contributed by atoms with Gasteiger partial charge >= 0.3 is 5.97 Å². The molecule has 0 atom stereocenters. The van der Waals surface area contributed by atoms with E-state index in [1.165, 1.54) is 0 Å². The van der Waals surface area contributed by atoms with Crippen LogP contribution in [0.25, 0.3) is 17.5 Å². The Labute approximate surface area is 159 Å². The number of aliphatic hydroxyl groups excluding tert-OH is 1. The lowest BCUT2D eigenvalue weighted by Gasteiger charge is -2.11. The molecule has 0 saturated heterocycles. The number of carbonyl (C=O) groups is 1. The standard InChI is InChI=1S/C20H15ClN2O4/c1-11-8-16-17(27-20(26)18(16)19(25)22-11)9-14-6-7-15(10-24)23(14)13-4-2-12(21)3-5-13/h2-9,24H,10H2,1H3,(H,22,25)/b17-9-. The monoisotopic (exact) mass is 382 g/mol. The molecule has 0 unspecified atom stereocenters. The third-order valence-corrected chi connectivity index (χ3v) is 4.61. The fourth-order valence-corrected chi connectivity index (χ4v) is 3.30. The van der Waals surface area contributed by atoms with Crippen molar-refractivity contribution in [1.29, 1.82) is 0 Å². The van der Waals surface area contributed by atoms with Gasteiger partial charge in [0.15, 0.2) is 0 Å². The van der Waals surface area contributed by atoms with Crippen LogP contribution in [0.2, 0.25) is 5.02 Å². The van der Waals surface area contributed by atoms with Crippen molar-refractivity contribution in [2.24, 2.45) is 0 Å². The third-order valence-electron chi connectivity index (χ3n) is 4.36. The summed E-state index contributed by atoms with van der Waals surface area (Å²) in [6, 6.07) is 12.4. The topological polar surface area (TPSA) is 84.3 Å². The van der Waals surface area contributed by atoms with E-state index in [1.54, 1.807) is 43.3 Å². The van der Waals surface area contributed by atoms with Gasteiger partial charge in [-0.2, -0.15) is 0 Å². The van der Waals surface area contributed by atoms with E-state index in [0.717, 1.165) is 5.69 Å². The second-order valence-corrected chi connectivity index (χ2v) is 6.62. The van der Waals surface area contributed by atoms with Crippen LogP contribution in [-0.4, -0.2) is 20.6 Å². The van der Waals surface area contributed by atoms with Gasteiger partial charge in [0.25, 0.3) is 5.56 Å². The van der Waals surface area contributed by atoms with Crippen LogP contribution in [0.3, 0.4) is 0 Å². The number of carbonyl (C=O) groups excluding carboxylic acids is 1. The number of aliphatic hydroxyl groups is 1. The Hall–Kier alpha value is -3.09. The number of H-pyrrole nitrogens is 1. The molecule has 0 amide bonds. The summed E-state index contributed by atoms with van der Waals surface area (Å²) in [6.45, 7) is 1.57. The Morgan fingerprint density at radius 1 is 1.19 bits per heavy atom. The molecule has 4 rings (SSSR count). The largest absolute Gasteiger partial charge is 0.422 e. The number of aromatic nitrogens is 2. The van der Waals surface area contributed by atoms with Crippen molar-refractivity contribution in [1.82, 2.24) is 9.55 Å². The normalized spacial score (nSPS) is 14.5. The minimum atomic E-state index is -0.676. The quantitative estimate of drug-likeness (QED) is 0.681. The highest BCUT2D eigenvalue weighted by molar-refractivity contribution is 6.30. The smallest absolute Gasteiger partial charge is 0.349 e. The molecule has 0 aliphatic carbocycles. The van der Waals surface area contributed by atoms with Gasteiger partial charge < -0.3 is 19.4 Å². The Morgan fingerprint density at radius 3 is 2.63 bits per heavy atom. The molecular weight excluding hydrogens is 368 g/mol. The van der Waals surface area contributed by atoms with E-state index in [0.29, 0.717) is 33.4 Å². The lowest BCUT2D eigenvalue weighted by Crippen LogP contribution is -2.16. The Morgan fingerprint density at radius 2 is 1.93 bits per heavy atom. The molecule has 7 heteroatoms. The van der Waals surface area contributed by atoms with Crippen molar-refractivity contribution in [3.63, 3.8) is 0 Å².